The second-order valence-corrected chi connectivity index (χ2v) is 7.09. The van der Waals surface area contributed by atoms with Crippen LogP contribution in [0.25, 0.3) is 0 Å². The molecule has 0 spiro atoms. The van der Waals surface area contributed by atoms with Gasteiger partial charge in [-0.05, 0) is 37.7 Å². The zero-order valence-electron chi connectivity index (χ0n) is 15.0. The van der Waals surface area contributed by atoms with Crippen LogP contribution in [0.3, 0.4) is 0 Å². The maximum absolute atomic E-state index is 12.6. The fraction of sp³-hybridized carbons (Fsp3) is 0.550. The number of rotatable bonds is 6. The van der Waals surface area contributed by atoms with Crippen LogP contribution in [0.5, 0.6) is 0 Å². The van der Waals surface area contributed by atoms with Crippen molar-refractivity contribution in [2.75, 3.05) is 6.54 Å². The number of piperazine rings is 1. The molecule has 6 heteroatoms. The van der Waals surface area contributed by atoms with Crippen LogP contribution in [0, 0.1) is 0 Å². The molecule has 6 nitrogen and oxygen atoms in total. The predicted octanol–water partition coefficient (Wildman–Crippen LogP) is 2.17. The van der Waals surface area contributed by atoms with Crippen molar-refractivity contribution in [2.24, 2.45) is 0 Å². The zero-order valence-corrected chi connectivity index (χ0v) is 15.0. The van der Waals surface area contributed by atoms with Crippen molar-refractivity contribution < 1.29 is 19.1 Å². The Labute approximate surface area is 153 Å². The molecule has 140 valence electrons. The van der Waals surface area contributed by atoms with Gasteiger partial charge in [0.1, 0.15) is 12.1 Å². The summed E-state index contributed by atoms with van der Waals surface area (Å²) in [7, 11) is 0. The summed E-state index contributed by atoms with van der Waals surface area (Å²) in [4.78, 5) is 38.2. The first-order chi connectivity index (χ1) is 12.6. The smallest absolute Gasteiger partial charge is 0.306 e. The molecule has 2 aliphatic rings. The Hall–Kier alpha value is -2.37. The average molecular weight is 358 g/mol. The molecule has 0 radical (unpaired) electrons. The molecule has 3 rings (SSSR count). The van der Waals surface area contributed by atoms with Gasteiger partial charge < -0.3 is 15.0 Å². The Morgan fingerprint density at radius 3 is 2.58 bits per heavy atom. The molecule has 2 amide bonds. The standard InChI is InChI=1S/C20H26N2O4/c23-18-14-22(13-15-7-3-1-4-8-15)20(25)17(21-18)11-12-19(24)26-16-9-5-2-6-10-16/h1,3-4,7-8,16-17H,2,5-6,9-14H2,(H,21,23)/t17-/m0/s1. The number of nitrogens with one attached hydrogen (secondary N) is 1. The van der Waals surface area contributed by atoms with Crippen LogP contribution in [0.15, 0.2) is 30.3 Å². The highest BCUT2D eigenvalue weighted by Crippen LogP contribution is 2.21. The van der Waals surface area contributed by atoms with Gasteiger partial charge in [-0.15, -0.1) is 0 Å². The first-order valence-electron chi connectivity index (χ1n) is 9.43. The third-order valence-electron chi connectivity index (χ3n) is 4.98. The molecule has 2 fully saturated rings. The number of ether oxygens (including phenoxy) is 1. The van der Waals surface area contributed by atoms with Gasteiger partial charge in [0.2, 0.25) is 11.8 Å². The van der Waals surface area contributed by atoms with Gasteiger partial charge in [0, 0.05) is 13.0 Å². The quantitative estimate of drug-likeness (QED) is 0.791. The van der Waals surface area contributed by atoms with Crippen LogP contribution in [0.2, 0.25) is 0 Å². The molecule has 1 heterocycles. The van der Waals surface area contributed by atoms with Crippen LogP contribution < -0.4 is 5.32 Å². The highest BCUT2D eigenvalue weighted by molar-refractivity contribution is 5.95. The second kappa shape index (κ2) is 8.83. The summed E-state index contributed by atoms with van der Waals surface area (Å²) in [6, 6.07) is 8.92. The van der Waals surface area contributed by atoms with Gasteiger partial charge in [0.25, 0.3) is 0 Å². The Bertz CT molecular complexity index is 640. The molecule has 1 aliphatic heterocycles. The summed E-state index contributed by atoms with van der Waals surface area (Å²) in [5, 5.41) is 2.70. The Balaban J connectivity index is 1.50. The van der Waals surface area contributed by atoms with Crippen LogP contribution >= 0.6 is 0 Å². The van der Waals surface area contributed by atoms with E-state index in [1.807, 2.05) is 30.3 Å². The lowest BCUT2D eigenvalue weighted by Crippen LogP contribution is -2.57. The molecule has 1 saturated carbocycles. The van der Waals surface area contributed by atoms with E-state index in [1.165, 1.54) is 6.42 Å². The zero-order chi connectivity index (χ0) is 18.4. The first-order valence-corrected chi connectivity index (χ1v) is 9.43. The van der Waals surface area contributed by atoms with Crippen LogP contribution in [0.1, 0.15) is 50.5 Å². The minimum absolute atomic E-state index is 0.0162. The third-order valence-corrected chi connectivity index (χ3v) is 4.98. The fourth-order valence-electron chi connectivity index (χ4n) is 3.60. The normalized spacial score (nSPS) is 21.4. The Morgan fingerprint density at radius 1 is 1.12 bits per heavy atom. The van der Waals surface area contributed by atoms with Crippen LogP contribution in [-0.4, -0.2) is 41.4 Å². The van der Waals surface area contributed by atoms with Crippen LogP contribution in [-0.2, 0) is 25.7 Å². The molecule has 26 heavy (non-hydrogen) atoms. The fourth-order valence-corrected chi connectivity index (χ4v) is 3.60. The van der Waals surface area contributed by atoms with Crippen molar-refractivity contribution in [3.63, 3.8) is 0 Å². The van der Waals surface area contributed by atoms with E-state index in [9.17, 15) is 14.4 Å². The summed E-state index contributed by atoms with van der Waals surface area (Å²) in [6.07, 6.45) is 5.70. The number of carbonyl (C=O) groups is 3. The van der Waals surface area contributed by atoms with E-state index in [-0.39, 0.29) is 43.3 Å². The number of amides is 2. The number of hydrogen-bond acceptors (Lipinski definition) is 4. The summed E-state index contributed by atoms with van der Waals surface area (Å²) in [5.74, 6) is -0.607. The first kappa shape index (κ1) is 18.4. The van der Waals surface area contributed by atoms with Crippen molar-refractivity contribution in [2.45, 2.75) is 63.6 Å². The summed E-state index contributed by atoms with van der Waals surface area (Å²) < 4.78 is 5.49. The van der Waals surface area contributed by atoms with Gasteiger partial charge in [0.05, 0.1) is 6.54 Å². The number of esters is 1. The maximum atomic E-state index is 12.6. The topological polar surface area (TPSA) is 75.7 Å². The summed E-state index contributed by atoms with van der Waals surface area (Å²) in [6.45, 7) is 0.451. The minimum atomic E-state index is -0.654. The van der Waals surface area contributed by atoms with E-state index in [0.717, 1.165) is 31.2 Å². The minimum Gasteiger partial charge on any atom is -0.462 e. The molecule has 1 N–H and O–H groups in total. The molecule has 1 atom stereocenters. The van der Waals surface area contributed by atoms with Gasteiger partial charge in [0.15, 0.2) is 0 Å². The maximum Gasteiger partial charge on any atom is 0.306 e. The van der Waals surface area contributed by atoms with Gasteiger partial charge in [-0.25, -0.2) is 0 Å². The van der Waals surface area contributed by atoms with Gasteiger partial charge in [-0.2, -0.15) is 0 Å². The lowest BCUT2D eigenvalue weighted by atomic mass is 9.98. The molecular formula is C20H26N2O4. The number of benzene rings is 1. The van der Waals surface area contributed by atoms with Crippen molar-refractivity contribution in [1.82, 2.24) is 10.2 Å². The third kappa shape index (κ3) is 5.07. The monoisotopic (exact) mass is 358 g/mol. The van der Waals surface area contributed by atoms with E-state index >= 15 is 0 Å². The van der Waals surface area contributed by atoms with E-state index in [2.05, 4.69) is 5.32 Å². The van der Waals surface area contributed by atoms with Gasteiger partial charge >= 0.3 is 5.97 Å². The number of nitrogens with zero attached hydrogens (tertiary/aromatic N) is 1. The highest BCUT2D eigenvalue weighted by atomic mass is 16.5. The molecule has 0 aromatic heterocycles. The van der Waals surface area contributed by atoms with Gasteiger partial charge in [-0.1, -0.05) is 36.8 Å². The predicted molar refractivity (Wildman–Crippen MR) is 96.0 cm³/mol. The van der Waals surface area contributed by atoms with E-state index < -0.39 is 6.04 Å². The molecule has 1 aromatic carbocycles. The second-order valence-electron chi connectivity index (χ2n) is 7.09. The highest BCUT2D eigenvalue weighted by Gasteiger charge is 2.33. The van der Waals surface area contributed by atoms with Crippen molar-refractivity contribution >= 4 is 17.8 Å². The Morgan fingerprint density at radius 2 is 1.85 bits per heavy atom. The molecular weight excluding hydrogens is 332 g/mol. The lowest BCUT2D eigenvalue weighted by Gasteiger charge is -2.32. The number of hydrogen-bond donors (Lipinski definition) is 1. The summed E-state index contributed by atoms with van der Waals surface area (Å²) >= 11 is 0. The molecule has 0 bridgehead atoms. The molecule has 1 saturated heterocycles. The van der Waals surface area contributed by atoms with E-state index in [1.54, 1.807) is 4.90 Å². The lowest BCUT2D eigenvalue weighted by molar-refractivity contribution is -0.152. The average Bonchev–Trinajstić information content (AvgIpc) is 2.65. The SMILES string of the molecule is O=C1CN(Cc2ccccc2)C(=O)[C@H](CCC(=O)OC2CCCCC2)N1. The van der Waals surface area contributed by atoms with Crippen molar-refractivity contribution in [1.29, 1.82) is 0 Å². The summed E-state index contributed by atoms with van der Waals surface area (Å²) in [5.41, 5.74) is 0.978. The van der Waals surface area contributed by atoms with Crippen molar-refractivity contribution in [3.8, 4) is 0 Å². The molecule has 0 unspecified atom stereocenters. The van der Waals surface area contributed by atoms with Crippen molar-refractivity contribution in [3.05, 3.63) is 35.9 Å². The largest absolute Gasteiger partial charge is 0.462 e. The van der Waals surface area contributed by atoms with E-state index in [4.69, 9.17) is 4.74 Å². The van der Waals surface area contributed by atoms with Crippen LogP contribution in [0.4, 0.5) is 0 Å². The van der Waals surface area contributed by atoms with E-state index in [0.29, 0.717) is 6.54 Å². The Kier molecular flexibility index (Phi) is 6.26. The molecule has 1 aliphatic carbocycles. The molecule has 1 aromatic rings. The number of carbonyl (C=O) groups excluding carboxylic acids is 3. The van der Waals surface area contributed by atoms with Gasteiger partial charge in [-0.3, -0.25) is 14.4 Å².